The highest BCUT2D eigenvalue weighted by atomic mass is 16.3. The third kappa shape index (κ3) is 4.50. The molecular weight excluding hydrogens is 276 g/mol. The molecule has 0 aromatic heterocycles. The second-order valence-corrected chi connectivity index (χ2v) is 4.75. The highest BCUT2D eigenvalue weighted by Crippen LogP contribution is 2.12. The summed E-state index contributed by atoms with van der Waals surface area (Å²) < 4.78 is 0. The van der Waals surface area contributed by atoms with Crippen molar-refractivity contribution >= 4 is 12.0 Å². The lowest BCUT2D eigenvalue weighted by atomic mass is 10.1. The van der Waals surface area contributed by atoms with Crippen LogP contribution in [0.4, 0.5) is 0 Å². The van der Waals surface area contributed by atoms with Crippen molar-refractivity contribution < 1.29 is 9.90 Å². The molecule has 0 atom stereocenters. The van der Waals surface area contributed by atoms with Crippen LogP contribution in [0, 0.1) is 11.3 Å². The highest BCUT2D eigenvalue weighted by Gasteiger charge is 2.08. The Morgan fingerprint density at radius 1 is 1.14 bits per heavy atom. The highest BCUT2D eigenvalue weighted by molar-refractivity contribution is 6.01. The van der Waals surface area contributed by atoms with Crippen LogP contribution in [0.1, 0.15) is 11.1 Å². The summed E-state index contributed by atoms with van der Waals surface area (Å²) >= 11 is 0. The summed E-state index contributed by atoms with van der Waals surface area (Å²) in [7, 11) is 0. The van der Waals surface area contributed by atoms with E-state index >= 15 is 0 Å². The molecule has 22 heavy (non-hydrogen) atoms. The average molecular weight is 292 g/mol. The van der Waals surface area contributed by atoms with E-state index in [1.807, 2.05) is 36.4 Å². The minimum absolute atomic E-state index is 0.0405. The summed E-state index contributed by atoms with van der Waals surface area (Å²) in [5.41, 5.74) is 1.86. The minimum atomic E-state index is -0.397. The molecule has 2 aromatic rings. The fourth-order valence-corrected chi connectivity index (χ4v) is 1.95. The first-order valence-electron chi connectivity index (χ1n) is 6.92. The van der Waals surface area contributed by atoms with Crippen LogP contribution in [-0.4, -0.2) is 17.6 Å². The third-order valence-corrected chi connectivity index (χ3v) is 3.11. The van der Waals surface area contributed by atoms with Crippen molar-refractivity contribution in [3.8, 4) is 11.8 Å². The number of benzene rings is 2. The van der Waals surface area contributed by atoms with Crippen molar-refractivity contribution in [1.82, 2.24) is 5.32 Å². The number of aromatic hydroxyl groups is 1. The number of hydrogen-bond acceptors (Lipinski definition) is 3. The van der Waals surface area contributed by atoms with Gasteiger partial charge in [0.1, 0.15) is 17.4 Å². The first-order valence-corrected chi connectivity index (χ1v) is 6.92. The van der Waals surface area contributed by atoms with Crippen LogP contribution in [0.5, 0.6) is 5.75 Å². The van der Waals surface area contributed by atoms with Gasteiger partial charge < -0.3 is 10.4 Å². The Labute approximate surface area is 129 Å². The van der Waals surface area contributed by atoms with Crippen LogP contribution < -0.4 is 5.32 Å². The molecule has 0 saturated heterocycles. The second-order valence-electron chi connectivity index (χ2n) is 4.75. The Kier molecular flexibility index (Phi) is 5.33. The minimum Gasteiger partial charge on any atom is -0.508 e. The fourth-order valence-electron chi connectivity index (χ4n) is 1.95. The third-order valence-electron chi connectivity index (χ3n) is 3.11. The SMILES string of the molecule is N#C/C(=C\c1ccc(O)cc1)C(=O)NCCc1ccccc1. The Bertz CT molecular complexity index is 698. The van der Waals surface area contributed by atoms with Gasteiger partial charge in [-0.2, -0.15) is 5.26 Å². The standard InChI is InChI=1S/C18H16N2O2/c19-13-16(12-15-6-8-17(21)9-7-15)18(22)20-11-10-14-4-2-1-3-5-14/h1-9,12,21H,10-11H2,(H,20,22)/b16-12+. The summed E-state index contributed by atoms with van der Waals surface area (Å²) in [5, 5.41) is 21.1. The predicted octanol–water partition coefficient (Wildman–Crippen LogP) is 2.66. The van der Waals surface area contributed by atoms with Crippen LogP contribution in [0.15, 0.2) is 60.2 Å². The van der Waals surface area contributed by atoms with Gasteiger partial charge in [-0.05, 0) is 35.8 Å². The molecule has 0 radical (unpaired) electrons. The van der Waals surface area contributed by atoms with Crippen molar-refractivity contribution in [2.24, 2.45) is 0 Å². The number of carbonyl (C=O) groups excluding carboxylic acids is 1. The van der Waals surface area contributed by atoms with Gasteiger partial charge in [0.15, 0.2) is 0 Å². The van der Waals surface area contributed by atoms with Gasteiger partial charge in [0.05, 0.1) is 0 Å². The maximum Gasteiger partial charge on any atom is 0.261 e. The molecule has 2 rings (SSSR count). The zero-order chi connectivity index (χ0) is 15.8. The van der Waals surface area contributed by atoms with Gasteiger partial charge in [0.2, 0.25) is 0 Å². The molecule has 0 bridgehead atoms. The van der Waals surface area contributed by atoms with E-state index in [0.29, 0.717) is 18.5 Å². The molecule has 0 aliphatic carbocycles. The van der Waals surface area contributed by atoms with E-state index in [2.05, 4.69) is 5.32 Å². The molecular formula is C18H16N2O2. The van der Waals surface area contributed by atoms with Gasteiger partial charge in [-0.3, -0.25) is 4.79 Å². The van der Waals surface area contributed by atoms with Crippen molar-refractivity contribution in [2.45, 2.75) is 6.42 Å². The van der Waals surface area contributed by atoms with E-state index in [1.54, 1.807) is 12.1 Å². The van der Waals surface area contributed by atoms with Gasteiger partial charge in [0.25, 0.3) is 5.91 Å². The number of phenolic OH excluding ortho intramolecular Hbond substituents is 1. The van der Waals surface area contributed by atoms with Crippen LogP contribution in [-0.2, 0) is 11.2 Å². The molecule has 2 N–H and O–H groups in total. The number of nitrogens with one attached hydrogen (secondary N) is 1. The summed E-state index contributed by atoms with van der Waals surface area (Å²) in [6.07, 6.45) is 2.21. The van der Waals surface area contributed by atoms with Crippen molar-refractivity contribution in [3.63, 3.8) is 0 Å². The number of nitriles is 1. The topological polar surface area (TPSA) is 73.1 Å². The van der Waals surface area contributed by atoms with Crippen molar-refractivity contribution in [1.29, 1.82) is 5.26 Å². The molecule has 4 nitrogen and oxygen atoms in total. The van der Waals surface area contributed by atoms with Gasteiger partial charge in [0, 0.05) is 6.54 Å². The first kappa shape index (κ1) is 15.3. The number of carbonyl (C=O) groups is 1. The number of amides is 1. The average Bonchev–Trinajstić information content (AvgIpc) is 2.55. The summed E-state index contributed by atoms with van der Waals surface area (Å²) in [4.78, 5) is 12.0. The largest absolute Gasteiger partial charge is 0.508 e. The predicted molar refractivity (Wildman–Crippen MR) is 84.9 cm³/mol. The smallest absolute Gasteiger partial charge is 0.261 e. The molecule has 0 fully saturated rings. The molecule has 2 aromatic carbocycles. The van der Waals surface area contributed by atoms with E-state index < -0.39 is 5.91 Å². The molecule has 0 aliphatic heterocycles. The number of rotatable bonds is 5. The quantitative estimate of drug-likeness (QED) is 0.657. The summed E-state index contributed by atoms with van der Waals surface area (Å²) in [6, 6.07) is 18.0. The molecule has 0 unspecified atom stereocenters. The Balaban J connectivity index is 1.94. The van der Waals surface area contributed by atoms with E-state index in [-0.39, 0.29) is 11.3 Å². The molecule has 1 amide bonds. The van der Waals surface area contributed by atoms with Crippen molar-refractivity contribution in [3.05, 3.63) is 71.3 Å². The number of phenols is 1. The van der Waals surface area contributed by atoms with Crippen LogP contribution in [0.3, 0.4) is 0 Å². The number of hydrogen-bond donors (Lipinski definition) is 2. The molecule has 0 saturated carbocycles. The van der Waals surface area contributed by atoms with Crippen LogP contribution in [0.25, 0.3) is 6.08 Å². The molecule has 0 aliphatic rings. The first-order chi connectivity index (χ1) is 10.7. The Hall–Kier alpha value is -3.06. The zero-order valence-corrected chi connectivity index (χ0v) is 12.0. The van der Waals surface area contributed by atoms with Gasteiger partial charge in [-0.1, -0.05) is 42.5 Å². The Morgan fingerprint density at radius 2 is 1.82 bits per heavy atom. The summed E-state index contributed by atoms with van der Waals surface area (Å²) in [6.45, 7) is 0.470. The van der Waals surface area contributed by atoms with Crippen molar-refractivity contribution in [2.75, 3.05) is 6.54 Å². The normalized spacial score (nSPS) is 10.8. The maximum atomic E-state index is 12.0. The number of nitrogens with zero attached hydrogens (tertiary/aromatic N) is 1. The molecule has 0 heterocycles. The van der Waals surface area contributed by atoms with E-state index in [0.717, 1.165) is 5.56 Å². The van der Waals surface area contributed by atoms with Gasteiger partial charge in [-0.15, -0.1) is 0 Å². The lowest BCUT2D eigenvalue weighted by Gasteiger charge is -2.04. The van der Waals surface area contributed by atoms with Crippen LogP contribution >= 0.6 is 0 Å². The van der Waals surface area contributed by atoms with E-state index in [9.17, 15) is 9.90 Å². The summed E-state index contributed by atoms with van der Waals surface area (Å²) in [5.74, 6) is -0.255. The lowest BCUT2D eigenvalue weighted by Crippen LogP contribution is -2.26. The lowest BCUT2D eigenvalue weighted by molar-refractivity contribution is -0.117. The molecule has 110 valence electrons. The monoisotopic (exact) mass is 292 g/mol. The zero-order valence-electron chi connectivity index (χ0n) is 12.0. The molecule has 4 heteroatoms. The van der Waals surface area contributed by atoms with Crippen LogP contribution in [0.2, 0.25) is 0 Å². The molecule has 0 spiro atoms. The fraction of sp³-hybridized carbons (Fsp3) is 0.111. The van der Waals surface area contributed by atoms with E-state index in [1.165, 1.54) is 18.2 Å². The maximum absolute atomic E-state index is 12.0. The Morgan fingerprint density at radius 3 is 2.45 bits per heavy atom. The van der Waals surface area contributed by atoms with Gasteiger partial charge in [-0.25, -0.2) is 0 Å². The van der Waals surface area contributed by atoms with E-state index in [4.69, 9.17) is 5.26 Å². The second kappa shape index (κ2) is 7.65. The van der Waals surface area contributed by atoms with Gasteiger partial charge >= 0.3 is 0 Å².